The topological polar surface area (TPSA) is 38.3 Å². The fourth-order valence-corrected chi connectivity index (χ4v) is 3.82. The maximum Gasteiger partial charge on any atom is 0.159 e. The molecule has 0 aliphatic carbocycles. The number of hydrogen-bond acceptors (Lipinski definition) is 4. The van der Waals surface area contributed by atoms with Gasteiger partial charge in [-0.25, -0.2) is 0 Å². The first kappa shape index (κ1) is 16.2. The first-order valence-corrected chi connectivity index (χ1v) is 8.60. The maximum absolute atomic E-state index is 11.3. The zero-order valence-corrected chi connectivity index (χ0v) is 14.3. The van der Waals surface area contributed by atoms with Gasteiger partial charge in [-0.3, -0.25) is 4.79 Å². The van der Waals surface area contributed by atoms with Crippen molar-refractivity contribution in [2.24, 2.45) is 0 Å². The summed E-state index contributed by atoms with van der Waals surface area (Å²) in [6.07, 6.45) is 0.991. The summed E-state index contributed by atoms with van der Waals surface area (Å²) in [6, 6.07) is 16.3. The fourth-order valence-electron chi connectivity index (χ4n) is 2.94. The molecule has 2 aromatic rings. The van der Waals surface area contributed by atoms with E-state index in [-0.39, 0.29) is 11.4 Å². The molecule has 0 radical (unpaired) electrons. The first-order chi connectivity index (χ1) is 11.1. The average molecular weight is 327 g/mol. The second-order valence-corrected chi connectivity index (χ2v) is 6.98. The number of nitrogens with one attached hydrogen (secondary N) is 1. The molecule has 0 saturated carbocycles. The van der Waals surface area contributed by atoms with Crippen molar-refractivity contribution in [2.75, 3.05) is 20.2 Å². The summed E-state index contributed by atoms with van der Waals surface area (Å²) in [5.74, 6) is 0.0966. The molecule has 1 heterocycles. The molecule has 4 heteroatoms. The molecule has 1 N–H and O–H groups in total. The van der Waals surface area contributed by atoms with E-state index in [0.29, 0.717) is 0 Å². The second-order valence-electron chi connectivity index (χ2n) is 5.84. The molecule has 120 valence electrons. The van der Waals surface area contributed by atoms with E-state index in [1.807, 2.05) is 24.3 Å². The van der Waals surface area contributed by atoms with Crippen LogP contribution in [0.2, 0.25) is 0 Å². The van der Waals surface area contributed by atoms with Gasteiger partial charge in [0.2, 0.25) is 0 Å². The summed E-state index contributed by atoms with van der Waals surface area (Å²) in [4.78, 5) is 13.7. The van der Waals surface area contributed by atoms with Crippen molar-refractivity contribution >= 4 is 17.5 Å². The zero-order chi connectivity index (χ0) is 16.3. The van der Waals surface area contributed by atoms with Gasteiger partial charge in [0.15, 0.2) is 5.78 Å². The molecular formula is C19H21NO2S. The van der Waals surface area contributed by atoms with Crippen LogP contribution in [0.1, 0.15) is 29.3 Å². The van der Waals surface area contributed by atoms with Crippen LogP contribution in [-0.4, -0.2) is 26.0 Å². The third-order valence-corrected chi connectivity index (χ3v) is 5.36. The van der Waals surface area contributed by atoms with Crippen molar-refractivity contribution < 1.29 is 9.53 Å². The van der Waals surface area contributed by atoms with E-state index in [4.69, 9.17) is 4.74 Å². The summed E-state index contributed by atoms with van der Waals surface area (Å²) < 4.78 is 5.82. The summed E-state index contributed by atoms with van der Waals surface area (Å²) in [5.41, 5.74) is 1.75. The lowest BCUT2D eigenvalue weighted by atomic mass is 9.93. The van der Waals surface area contributed by atoms with E-state index in [0.717, 1.165) is 30.0 Å². The van der Waals surface area contributed by atoms with Crippen molar-refractivity contribution in [2.45, 2.75) is 28.7 Å². The molecule has 1 aliphatic heterocycles. The van der Waals surface area contributed by atoms with Crippen LogP contribution in [0.5, 0.6) is 0 Å². The van der Waals surface area contributed by atoms with E-state index in [1.165, 1.54) is 10.5 Å². The quantitative estimate of drug-likeness (QED) is 0.846. The first-order valence-electron chi connectivity index (χ1n) is 7.78. The standard InChI is InChI=1S/C19H21NO2S/c1-14(21)15-6-8-17(9-7-15)23-18-5-3-4-16(12-18)19(22-2)10-11-20-13-19/h3-9,12,20H,10-11,13H2,1-2H3. The fraction of sp³-hybridized carbons (Fsp3) is 0.316. The number of benzene rings is 2. The largest absolute Gasteiger partial charge is 0.372 e. The van der Waals surface area contributed by atoms with Gasteiger partial charge >= 0.3 is 0 Å². The average Bonchev–Trinajstić information content (AvgIpc) is 3.06. The van der Waals surface area contributed by atoms with E-state index < -0.39 is 0 Å². The minimum atomic E-state index is -0.213. The van der Waals surface area contributed by atoms with Crippen molar-refractivity contribution in [1.82, 2.24) is 5.32 Å². The molecule has 1 aliphatic rings. The lowest BCUT2D eigenvalue weighted by molar-refractivity contribution is 0.00308. The van der Waals surface area contributed by atoms with Gasteiger partial charge in [-0.15, -0.1) is 0 Å². The Balaban J connectivity index is 1.81. The normalized spacial score (nSPS) is 20.6. The summed E-state index contributed by atoms with van der Waals surface area (Å²) in [7, 11) is 1.79. The minimum Gasteiger partial charge on any atom is -0.372 e. The van der Waals surface area contributed by atoms with Crippen LogP contribution >= 0.6 is 11.8 Å². The molecule has 0 amide bonds. The highest BCUT2D eigenvalue weighted by Gasteiger charge is 2.35. The predicted molar refractivity (Wildman–Crippen MR) is 93.2 cm³/mol. The molecule has 1 fully saturated rings. The van der Waals surface area contributed by atoms with Crippen LogP contribution in [0, 0.1) is 0 Å². The molecule has 1 atom stereocenters. The molecule has 0 aromatic heterocycles. The number of methoxy groups -OCH3 is 1. The van der Waals surface area contributed by atoms with E-state index in [9.17, 15) is 4.79 Å². The van der Waals surface area contributed by atoms with E-state index >= 15 is 0 Å². The van der Waals surface area contributed by atoms with Gasteiger partial charge in [-0.1, -0.05) is 36.0 Å². The number of hydrogen-bond donors (Lipinski definition) is 1. The van der Waals surface area contributed by atoms with Crippen LogP contribution in [0.4, 0.5) is 0 Å². The summed E-state index contributed by atoms with van der Waals surface area (Å²) in [6.45, 7) is 3.42. The lowest BCUT2D eigenvalue weighted by Crippen LogP contribution is -2.30. The van der Waals surface area contributed by atoms with Crippen molar-refractivity contribution in [1.29, 1.82) is 0 Å². The molecule has 1 unspecified atom stereocenters. The molecule has 1 saturated heterocycles. The van der Waals surface area contributed by atoms with Gasteiger partial charge < -0.3 is 10.1 Å². The highest BCUT2D eigenvalue weighted by molar-refractivity contribution is 7.99. The Morgan fingerprint density at radius 1 is 1.17 bits per heavy atom. The van der Waals surface area contributed by atoms with Crippen LogP contribution in [0.15, 0.2) is 58.3 Å². The van der Waals surface area contributed by atoms with Crippen LogP contribution < -0.4 is 5.32 Å². The number of rotatable bonds is 5. The van der Waals surface area contributed by atoms with Gasteiger partial charge in [0.25, 0.3) is 0 Å². The monoisotopic (exact) mass is 327 g/mol. The van der Waals surface area contributed by atoms with Crippen molar-refractivity contribution in [3.05, 3.63) is 59.7 Å². The molecule has 0 spiro atoms. The smallest absolute Gasteiger partial charge is 0.159 e. The number of Topliss-reactive ketones (excluding diaryl/α,β-unsaturated/α-hetero) is 1. The Labute approximate surface area is 141 Å². The molecule has 3 rings (SSSR count). The van der Waals surface area contributed by atoms with Gasteiger partial charge in [0, 0.05) is 29.0 Å². The van der Waals surface area contributed by atoms with Gasteiger partial charge in [-0.2, -0.15) is 0 Å². The van der Waals surface area contributed by atoms with Crippen molar-refractivity contribution in [3.63, 3.8) is 0 Å². The third-order valence-electron chi connectivity index (χ3n) is 4.36. The number of ether oxygens (including phenoxy) is 1. The van der Waals surface area contributed by atoms with Crippen molar-refractivity contribution in [3.8, 4) is 0 Å². The van der Waals surface area contributed by atoms with Gasteiger partial charge in [-0.05, 0) is 49.7 Å². The second kappa shape index (κ2) is 6.87. The van der Waals surface area contributed by atoms with E-state index in [2.05, 4.69) is 29.6 Å². The van der Waals surface area contributed by atoms with E-state index in [1.54, 1.807) is 25.8 Å². The Hall–Kier alpha value is -1.62. The molecule has 3 nitrogen and oxygen atoms in total. The van der Waals surface area contributed by atoms with Crippen LogP contribution in [-0.2, 0) is 10.3 Å². The lowest BCUT2D eigenvalue weighted by Gasteiger charge is -2.27. The molecular weight excluding hydrogens is 306 g/mol. The zero-order valence-electron chi connectivity index (χ0n) is 13.5. The Kier molecular flexibility index (Phi) is 4.85. The third kappa shape index (κ3) is 3.50. The highest BCUT2D eigenvalue weighted by atomic mass is 32.2. The summed E-state index contributed by atoms with van der Waals surface area (Å²) >= 11 is 1.70. The minimum absolute atomic E-state index is 0.0966. The molecule has 2 aromatic carbocycles. The number of carbonyl (C=O) groups excluding carboxylic acids is 1. The summed E-state index contributed by atoms with van der Waals surface area (Å²) in [5, 5.41) is 3.38. The Morgan fingerprint density at radius 2 is 1.96 bits per heavy atom. The molecule has 0 bridgehead atoms. The number of carbonyl (C=O) groups is 1. The SMILES string of the molecule is COC1(c2cccc(Sc3ccc(C(C)=O)cc3)c2)CCNC1. The number of ketones is 1. The van der Waals surface area contributed by atoms with Crippen LogP contribution in [0.3, 0.4) is 0 Å². The van der Waals surface area contributed by atoms with Crippen LogP contribution in [0.25, 0.3) is 0 Å². The maximum atomic E-state index is 11.3. The predicted octanol–water partition coefficient (Wildman–Crippen LogP) is 3.88. The molecule has 23 heavy (non-hydrogen) atoms. The van der Waals surface area contributed by atoms with Gasteiger partial charge in [0.05, 0.1) is 0 Å². The highest BCUT2D eigenvalue weighted by Crippen LogP contribution is 2.35. The Morgan fingerprint density at radius 3 is 2.57 bits per heavy atom. The van der Waals surface area contributed by atoms with Gasteiger partial charge in [0.1, 0.15) is 5.60 Å². The Bertz CT molecular complexity index is 691.